The van der Waals surface area contributed by atoms with E-state index in [0.29, 0.717) is 17.7 Å². The smallest absolute Gasteiger partial charge is 0.261 e. The summed E-state index contributed by atoms with van der Waals surface area (Å²) in [6.45, 7) is 2.73. The molecule has 150 valence electrons. The third kappa shape index (κ3) is 3.87. The van der Waals surface area contributed by atoms with Gasteiger partial charge < -0.3 is 5.32 Å². The average molecular weight is 398 g/mol. The molecule has 4 rings (SSSR count). The summed E-state index contributed by atoms with van der Waals surface area (Å²) < 4.78 is 0. The highest BCUT2D eigenvalue weighted by Crippen LogP contribution is 2.26. The Labute approximate surface area is 175 Å². The van der Waals surface area contributed by atoms with Crippen molar-refractivity contribution < 1.29 is 14.4 Å². The molecule has 0 saturated heterocycles. The van der Waals surface area contributed by atoms with Crippen molar-refractivity contribution in [2.75, 3.05) is 6.54 Å². The third-order valence-corrected chi connectivity index (χ3v) is 5.35. The molecule has 1 N–H and O–H groups in total. The van der Waals surface area contributed by atoms with E-state index in [9.17, 15) is 14.4 Å². The lowest BCUT2D eigenvalue weighted by Gasteiger charge is -2.13. The Morgan fingerprint density at radius 3 is 2.20 bits per heavy atom. The minimum atomic E-state index is -0.369. The summed E-state index contributed by atoms with van der Waals surface area (Å²) in [5, 5.41) is 2.92. The van der Waals surface area contributed by atoms with Crippen molar-refractivity contribution in [2.45, 2.75) is 19.4 Å². The number of fused-ring (bicyclic) bond motifs is 1. The normalized spacial score (nSPS) is 13.8. The number of nitrogens with zero attached hydrogens (tertiary/aromatic N) is 1. The van der Waals surface area contributed by atoms with Gasteiger partial charge in [0, 0.05) is 12.1 Å². The minimum absolute atomic E-state index is 0.161. The van der Waals surface area contributed by atoms with E-state index in [4.69, 9.17) is 0 Å². The topological polar surface area (TPSA) is 66.5 Å². The van der Waals surface area contributed by atoms with Gasteiger partial charge in [-0.3, -0.25) is 19.3 Å². The summed E-state index contributed by atoms with van der Waals surface area (Å²) in [5.74, 6) is -0.800. The molecule has 1 aliphatic rings. The van der Waals surface area contributed by atoms with E-state index >= 15 is 0 Å². The van der Waals surface area contributed by atoms with Gasteiger partial charge in [0.1, 0.15) is 0 Å². The molecular formula is C25H22N2O3. The van der Waals surface area contributed by atoms with Crippen molar-refractivity contribution >= 4 is 17.7 Å². The lowest BCUT2D eigenvalue weighted by Crippen LogP contribution is -2.29. The Morgan fingerprint density at radius 2 is 1.50 bits per heavy atom. The number of carbonyl (C=O) groups is 3. The fourth-order valence-electron chi connectivity index (χ4n) is 3.59. The van der Waals surface area contributed by atoms with Crippen molar-refractivity contribution in [3.63, 3.8) is 0 Å². The first-order valence-corrected chi connectivity index (χ1v) is 9.92. The molecule has 0 saturated carbocycles. The molecule has 0 aromatic heterocycles. The molecule has 1 heterocycles. The lowest BCUT2D eigenvalue weighted by atomic mass is 10.0. The van der Waals surface area contributed by atoms with Gasteiger partial charge in [-0.05, 0) is 35.2 Å². The first-order chi connectivity index (χ1) is 14.5. The van der Waals surface area contributed by atoms with Gasteiger partial charge >= 0.3 is 0 Å². The van der Waals surface area contributed by atoms with E-state index in [1.165, 1.54) is 11.0 Å². The number of imide groups is 1. The Balaban J connectivity index is 1.46. The van der Waals surface area contributed by atoms with Gasteiger partial charge in [-0.15, -0.1) is 0 Å². The maximum atomic E-state index is 12.8. The van der Waals surface area contributed by atoms with E-state index in [2.05, 4.69) is 5.32 Å². The van der Waals surface area contributed by atoms with Gasteiger partial charge in [0.15, 0.2) is 0 Å². The largest absolute Gasteiger partial charge is 0.351 e. The lowest BCUT2D eigenvalue weighted by molar-refractivity contribution is 0.0642. The summed E-state index contributed by atoms with van der Waals surface area (Å²) in [7, 11) is 0. The van der Waals surface area contributed by atoms with Crippen LogP contribution in [0, 0.1) is 0 Å². The van der Waals surface area contributed by atoms with Gasteiger partial charge in [-0.25, -0.2) is 0 Å². The number of hydrogen-bond acceptors (Lipinski definition) is 3. The number of hydrogen-bond donors (Lipinski definition) is 1. The molecule has 1 atom stereocenters. The standard InChI is InChI=1S/C25H22N2O3/c1-17(19-10-6-3-7-11-19)15-26-23(28)20-12-13-21-22(14-20)25(30)27(24(21)29)16-18-8-4-2-5-9-18/h2-14,17H,15-16H2,1H3,(H,26,28)/t17-/m1/s1. The SMILES string of the molecule is C[C@H](CNC(=O)c1ccc2c(c1)C(=O)N(Cc1ccccc1)C2=O)c1ccccc1. The van der Waals surface area contributed by atoms with Gasteiger partial charge in [-0.1, -0.05) is 67.6 Å². The maximum Gasteiger partial charge on any atom is 0.261 e. The Morgan fingerprint density at radius 1 is 0.867 bits per heavy atom. The average Bonchev–Trinajstić information content (AvgIpc) is 3.03. The molecule has 0 bridgehead atoms. The van der Waals surface area contributed by atoms with Crippen LogP contribution in [-0.2, 0) is 6.54 Å². The van der Waals surface area contributed by atoms with Crippen molar-refractivity contribution in [1.82, 2.24) is 10.2 Å². The van der Waals surface area contributed by atoms with Crippen LogP contribution >= 0.6 is 0 Å². The minimum Gasteiger partial charge on any atom is -0.351 e. The Bertz CT molecular complexity index is 1090. The molecule has 0 radical (unpaired) electrons. The Hall–Kier alpha value is -3.73. The summed E-state index contributed by atoms with van der Waals surface area (Å²) in [5.41, 5.74) is 3.01. The quantitative estimate of drug-likeness (QED) is 0.638. The zero-order valence-corrected chi connectivity index (χ0v) is 16.7. The van der Waals surface area contributed by atoms with Crippen LogP contribution in [0.4, 0.5) is 0 Å². The number of nitrogens with one attached hydrogen (secondary N) is 1. The Kier molecular flexibility index (Phi) is 5.44. The number of benzene rings is 3. The van der Waals surface area contributed by atoms with Crippen LogP contribution in [0.15, 0.2) is 78.9 Å². The maximum absolute atomic E-state index is 12.8. The van der Waals surface area contributed by atoms with Crippen molar-refractivity contribution in [2.24, 2.45) is 0 Å². The van der Waals surface area contributed by atoms with E-state index in [-0.39, 0.29) is 35.7 Å². The van der Waals surface area contributed by atoms with Crippen LogP contribution in [0.2, 0.25) is 0 Å². The molecule has 0 spiro atoms. The van der Waals surface area contributed by atoms with Crippen LogP contribution in [0.25, 0.3) is 0 Å². The number of carbonyl (C=O) groups excluding carboxylic acids is 3. The molecule has 5 heteroatoms. The van der Waals surface area contributed by atoms with E-state index < -0.39 is 0 Å². The number of rotatable bonds is 6. The van der Waals surface area contributed by atoms with Crippen molar-refractivity contribution in [1.29, 1.82) is 0 Å². The van der Waals surface area contributed by atoms with Crippen LogP contribution < -0.4 is 5.32 Å². The van der Waals surface area contributed by atoms with Gasteiger partial charge in [0.05, 0.1) is 17.7 Å². The third-order valence-electron chi connectivity index (χ3n) is 5.35. The molecule has 30 heavy (non-hydrogen) atoms. The summed E-state index contributed by atoms with van der Waals surface area (Å²) in [6, 6.07) is 24.0. The molecule has 3 aromatic carbocycles. The molecule has 0 fully saturated rings. The van der Waals surface area contributed by atoms with Crippen LogP contribution in [0.5, 0.6) is 0 Å². The zero-order chi connectivity index (χ0) is 21.1. The zero-order valence-electron chi connectivity index (χ0n) is 16.7. The molecule has 1 aliphatic heterocycles. The highest BCUT2D eigenvalue weighted by Gasteiger charge is 2.36. The fraction of sp³-hybridized carbons (Fsp3) is 0.160. The second kappa shape index (κ2) is 8.33. The van der Waals surface area contributed by atoms with Crippen molar-refractivity contribution in [3.8, 4) is 0 Å². The van der Waals surface area contributed by atoms with E-state index in [1.807, 2.05) is 67.6 Å². The van der Waals surface area contributed by atoms with E-state index in [1.54, 1.807) is 12.1 Å². The molecule has 5 nitrogen and oxygen atoms in total. The van der Waals surface area contributed by atoms with Gasteiger partial charge in [0.2, 0.25) is 0 Å². The molecule has 0 unspecified atom stereocenters. The highest BCUT2D eigenvalue weighted by atomic mass is 16.2. The monoisotopic (exact) mass is 398 g/mol. The van der Waals surface area contributed by atoms with Gasteiger partial charge in [0.25, 0.3) is 17.7 Å². The van der Waals surface area contributed by atoms with Crippen molar-refractivity contribution in [3.05, 3.63) is 107 Å². The second-order valence-electron chi connectivity index (χ2n) is 7.46. The highest BCUT2D eigenvalue weighted by molar-refractivity contribution is 6.22. The second-order valence-corrected chi connectivity index (χ2v) is 7.46. The van der Waals surface area contributed by atoms with E-state index in [0.717, 1.165) is 11.1 Å². The summed E-state index contributed by atoms with van der Waals surface area (Å²) in [6.07, 6.45) is 0. The predicted octanol–water partition coefficient (Wildman–Crippen LogP) is 4.02. The number of amides is 3. The van der Waals surface area contributed by atoms with Crippen LogP contribution in [0.1, 0.15) is 55.0 Å². The predicted molar refractivity (Wildman–Crippen MR) is 114 cm³/mol. The van der Waals surface area contributed by atoms with Crippen LogP contribution in [-0.4, -0.2) is 29.2 Å². The fourth-order valence-corrected chi connectivity index (χ4v) is 3.59. The molecular weight excluding hydrogens is 376 g/mol. The van der Waals surface area contributed by atoms with Crippen LogP contribution in [0.3, 0.4) is 0 Å². The first kappa shape index (κ1) is 19.6. The molecule has 3 amide bonds. The molecule has 0 aliphatic carbocycles. The first-order valence-electron chi connectivity index (χ1n) is 9.92. The molecule has 3 aromatic rings. The summed E-state index contributed by atoms with van der Waals surface area (Å²) >= 11 is 0. The van der Waals surface area contributed by atoms with Gasteiger partial charge in [-0.2, -0.15) is 0 Å². The summed E-state index contributed by atoms with van der Waals surface area (Å²) in [4.78, 5) is 39.3.